The van der Waals surface area contributed by atoms with E-state index in [-0.39, 0.29) is 0 Å². The summed E-state index contributed by atoms with van der Waals surface area (Å²) < 4.78 is 0. The highest BCUT2D eigenvalue weighted by Crippen LogP contribution is 2.21. The molecule has 1 fully saturated rings. The summed E-state index contributed by atoms with van der Waals surface area (Å²) in [5.41, 5.74) is 2.95. The van der Waals surface area contributed by atoms with Gasteiger partial charge in [0.1, 0.15) is 5.82 Å². The second kappa shape index (κ2) is 7.83. The molecule has 3 aromatic rings. The summed E-state index contributed by atoms with van der Waals surface area (Å²) in [6, 6.07) is 8.17. The average Bonchev–Trinajstić information content (AvgIpc) is 3.07. The van der Waals surface area contributed by atoms with E-state index in [1.165, 1.54) is 0 Å². The van der Waals surface area contributed by atoms with E-state index in [1.54, 1.807) is 0 Å². The van der Waals surface area contributed by atoms with Gasteiger partial charge in [-0.25, -0.2) is 10.1 Å². The van der Waals surface area contributed by atoms with Crippen LogP contribution < -0.4 is 10.2 Å². The number of nitrogens with zero attached hydrogens (tertiary/aromatic N) is 6. The Bertz CT molecular complexity index is 866. The minimum atomic E-state index is 0.618. The van der Waals surface area contributed by atoms with Crippen molar-refractivity contribution >= 4 is 18.0 Å². The fourth-order valence-electron chi connectivity index (χ4n) is 2.94. The van der Waals surface area contributed by atoms with Crippen molar-refractivity contribution < 1.29 is 0 Å². The van der Waals surface area contributed by atoms with Gasteiger partial charge in [0.25, 0.3) is 0 Å². The van der Waals surface area contributed by atoms with E-state index in [0.29, 0.717) is 5.82 Å². The number of anilines is 1. The van der Waals surface area contributed by atoms with Gasteiger partial charge in [0.05, 0.1) is 18.1 Å². The lowest BCUT2D eigenvalue weighted by molar-refractivity contribution is 0.724. The number of hydrogen-bond donors (Lipinski definition) is 2. The second-order valence-electron chi connectivity index (χ2n) is 6.10. The highest BCUT2D eigenvalue weighted by molar-refractivity contribution is 5.71. The molecule has 1 aromatic carbocycles. The minimum Gasteiger partial charge on any atom is -0.354 e. The Morgan fingerprint density at radius 3 is 3.00 bits per heavy atom. The molecule has 0 atom stereocenters. The van der Waals surface area contributed by atoms with Gasteiger partial charge in [-0.1, -0.05) is 24.3 Å². The predicted molar refractivity (Wildman–Crippen MR) is 100 cm³/mol. The number of benzene rings is 1. The summed E-state index contributed by atoms with van der Waals surface area (Å²) >= 11 is 0. The molecular formula is C18H20N8. The third-order valence-electron chi connectivity index (χ3n) is 4.26. The maximum absolute atomic E-state index is 4.83. The van der Waals surface area contributed by atoms with Crippen LogP contribution >= 0.6 is 0 Å². The van der Waals surface area contributed by atoms with Crippen LogP contribution in [0.15, 0.2) is 36.7 Å². The minimum absolute atomic E-state index is 0.618. The van der Waals surface area contributed by atoms with Crippen molar-refractivity contribution in [2.45, 2.75) is 6.42 Å². The van der Waals surface area contributed by atoms with E-state index in [1.807, 2.05) is 42.7 Å². The quantitative estimate of drug-likeness (QED) is 0.740. The molecule has 0 amide bonds. The molecule has 0 aliphatic carbocycles. The third-order valence-corrected chi connectivity index (χ3v) is 4.26. The molecule has 4 rings (SSSR count). The molecular weight excluding hydrogens is 328 g/mol. The molecule has 2 N–H and O–H groups in total. The lowest BCUT2D eigenvalue weighted by Gasteiger charge is -2.21. The molecule has 0 unspecified atom stereocenters. The molecule has 0 radical (unpaired) electrons. The fourth-order valence-corrected chi connectivity index (χ4v) is 2.94. The van der Waals surface area contributed by atoms with Crippen LogP contribution in [0.3, 0.4) is 0 Å². The van der Waals surface area contributed by atoms with Gasteiger partial charge in [-0.05, 0) is 41.1 Å². The smallest absolute Gasteiger partial charge is 0.172 e. The molecule has 0 spiro atoms. The van der Waals surface area contributed by atoms with E-state index in [4.69, 9.17) is 4.98 Å². The van der Waals surface area contributed by atoms with Crippen molar-refractivity contribution in [3.8, 4) is 11.3 Å². The first kappa shape index (κ1) is 16.3. The van der Waals surface area contributed by atoms with Crippen molar-refractivity contribution in [1.29, 1.82) is 0 Å². The van der Waals surface area contributed by atoms with Gasteiger partial charge in [0.2, 0.25) is 0 Å². The van der Waals surface area contributed by atoms with Crippen LogP contribution in [-0.4, -0.2) is 56.8 Å². The Hall–Kier alpha value is -3.13. The maximum Gasteiger partial charge on any atom is 0.172 e. The first-order valence-corrected chi connectivity index (χ1v) is 8.68. The number of nitrogens with one attached hydrogen (secondary N) is 2. The Balaban J connectivity index is 1.57. The van der Waals surface area contributed by atoms with Gasteiger partial charge in [0.15, 0.2) is 5.82 Å². The van der Waals surface area contributed by atoms with Gasteiger partial charge < -0.3 is 10.2 Å². The molecule has 132 valence electrons. The summed E-state index contributed by atoms with van der Waals surface area (Å²) in [7, 11) is 0. The Labute approximate surface area is 151 Å². The number of tetrazole rings is 1. The number of aromatic nitrogens is 6. The zero-order valence-electron chi connectivity index (χ0n) is 14.3. The summed E-state index contributed by atoms with van der Waals surface area (Å²) in [6.45, 7) is 3.98. The van der Waals surface area contributed by atoms with Gasteiger partial charge in [-0.3, -0.25) is 4.98 Å². The highest BCUT2D eigenvalue weighted by atomic mass is 15.5. The van der Waals surface area contributed by atoms with Crippen molar-refractivity contribution in [3.05, 3.63) is 48.0 Å². The average molecular weight is 348 g/mol. The van der Waals surface area contributed by atoms with Crippen molar-refractivity contribution in [3.63, 3.8) is 0 Å². The van der Waals surface area contributed by atoms with Crippen molar-refractivity contribution in [2.24, 2.45) is 0 Å². The Morgan fingerprint density at radius 1 is 1.08 bits per heavy atom. The van der Waals surface area contributed by atoms with E-state index in [9.17, 15) is 0 Å². The first-order valence-electron chi connectivity index (χ1n) is 8.68. The van der Waals surface area contributed by atoms with Gasteiger partial charge in [-0.15, -0.1) is 5.10 Å². The number of rotatable bonds is 4. The summed E-state index contributed by atoms with van der Waals surface area (Å²) in [5, 5.41) is 17.1. The largest absolute Gasteiger partial charge is 0.354 e. The normalized spacial score (nSPS) is 15.3. The molecule has 8 heteroatoms. The predicted octanol–water partition coefficient (Wildman–Crippen LogP) is 1.63. The van der Waals surface area contributed by atoms with Crippen LogP contribution in [0.25, 0.3) is 23.4 Å². The van der Waals surface area contributed by atoms with Crippen molar-refractivity contribution in [1.82, 2.24) is 35.9 Å². The standard InChI is InChI=1S/C18H20N8/c1-3-14(5-6-17-22-24-25-23-17)11-15(4-1)16-12-20-13-18(21-16)26-9-2-7-19-8-10-26/h1,3-6,11-13,19H,2,7-10H2,(H,22,23,24,25)/b6-5+. The van der Waals surface area contributed by atoms with Gasteiger partial charge in [0, 0.05) is 25.2 Å². The van der Waals surface area contributed by atoms with E-state index >= 15 is 0 Å². The summed E-state index contributed by atoms with van der Waals surface area (Å²) in [6.07, 6.45) is 8.57. The highest BCUT2D eigenvalue weighted by Gasteiger charge is 2.12. The Kier molecular flexibility index (Phi) is 4.92. The van der Waals surface area contributed by atoms with E-state index in [0.717, 1.165) is 55.2 Å². The van der Waals surface area contributed by atoms with Gasteiger partial charge >= 0.3 is 0 Å². The monoisotopic (exact) mass is 348 g/mol. The first-order chi connectivity index (χ1) is 12.9. The van der Waals surface area contributed by atoms with Gasteiger partial charge in [-0.2, -0.15) is 0 Å². The summed E-state index contributed by atoms with van der Waals surface area (Å²) in [4.78, 5) is 11.5. The Morgan fingerprint density at radius 2 is 2.08 bits per heavy atom. The number of H-pyrrole nitrogens is 1. The third kappa shape index (κ3) is 3.92. The van der Waals surface area contributed by atoms with Crippen LogP contribution in [0.4, 0.5) is 5.82 Å². The summed E-state index contributed by atoms with van der Waals surface area (Å²) in [5.74, 6) is 1.55. The molecule has 3 heterocycles. The lowest BCUT2D eigenvalue weighted by Crippen LogP contribution is -2.28. The van der Waals surface area contributed by atoms with Crippen LogP contribution in [-0.2, 0) is 0 Å². The zero-order chi connectivity index (χ0) is 17.6. The molecule has 1 aliphatic heterocycles. The number of aromatic amines is 1. The fraction of sp³-hybridized carbons (Fsp3) is 0.278. The second-order valence-corrected chi connectivity index (χ2v) is 6.10. The molecule has 8 nitrogen and oxygen atoms in total. The van der Waals surface area contributed by atoms with Crippen LogP contribution in [0.5, 0.6) is 0 Å². The molecule has 1 saturated heterocycles. The molecule has 0 saturated carbocycles. The maximum atomic E-state index is 4.83. The van der Waals surface area contributed by atoms with E-state index in [2.05, 4.69) is 41.9 Å². The molecule has 2 aromatic heterocycles. The SMILES string of the molecule is C(=C\c1nnn[nH]1)/c1cccc(-c2cncc(N3CCCNCC3)n2)c1. The lowest BCUT2D eigenvalue weighted by atomic mass is 10.1. The van der Waals surface area contributed by atoms with Crippen LogP contribution in [0, 0.1) is 0 Å². The van der Waals surface area contributed by atoms with Crippen molar-refractivity contribution in [2.75, 3.05) is 31.1 Å². The molecule has 26 heavy (non-hydrogen) atoms. The van der Waals surface area contributed by atoms with Crippen LogP contribution in [0.2, 0.25) is 0 Å². The topological polar surface area (TPSA) is 95.5 Å². The molecule has 1 aliphatic rings. The van der Waals surface area contributed by atoms with Crippen LogP contribution in [0.1, 0.15) is 17.8 Å². The number of hydrogen-bond acceptors (Lipinski definition) is 7. The zero-order valence-corrected chi connectivity index (χ0v) is 14.3. The molecule has 0 bridgehead atoms. The van der Waals surface area contributed by atoms with E-state index < -0.39 is 0 Å².